The van der Waals surface area contributed by atoms with Crippen molar-refractivity contribution in [2.75, 3.05) is 0 Å². The van der Waals surface area contributed by atoms with Gasteiger partial charge in [0.2, 0.25) is 0 Å². The molecule has 0 saturated heterocycles. The Balaban J connectivity index is -0.0000000104. The van der Waals surface area contributed by atoms with Crippen molar-refractivity contribution in [1.82, 2.24) is 0 Å². The van der Waals surface area contributed by atoms with E-state index in [4.69, 9.17) is 45.0 Å². The smallest absolute Gasteiger partial charge is 0.652 e. The minimum Gasteiger partial charge on any atom is -0.652 e. The Kier molecular flexibility index (Phi) is 141. The van der Waals surface area contributed by atoms with E-state index in [-0.39, 0.29) is 81.8 Å². The van der Waals surface area contributed by atoms with Crippen molar-refractivity contribution in [2.45, 2.75) is 0 Å². The first-order valence-electron chi connectivity index (χ1n) is 1.84. The maximum absolute atomic E-state index is 8.33. The molecule has 12 nitrogen and oxygen atoms in total. The van der Waals surface area contributed by atoms with E-state index in [0.29, 0.717) is 0 Å². The fourth-order valence-electron chi connectivity index (χ4n) is 0. The first kappa shape index (κ1) is 53.9. The Morgan fingerprint density at radius 1 is 0.471 bits per heavy atom. The molecule has 0 radical (unpaired) electrons. The summed E-state index contributed by atoms with van der Waals surface area (Å²) in [5, 5.41) is 50.0. The Bertz CT molecular complexity index is 117. The summed E-state index contributed by atoms with van der Waals surface area (Å²) in [6.45, 7) is 0. The summed E-state index contributed by atoms with van der Waals surface area (Å²) in [4.78, 5) is 25.0. The zero-order valence-corrected chi connectivity index (χ0v) is 13.5. The van der Waals surface area contributed by atoms with Gasteiger partial charge in [-0.1, -0.05) is 0 Å². The second kappa shape index (κ2) is 44.6. The maximum Gasteiger partial charge on any atom is 3.00 e. The van der Waals surface area contributed by atoms with Crippen LogP contribution in [0.1, 0.15) is 0 Å². The van der Waals surface area contributed by atoms with Crippen molar-refractivity contribution >= 4 is 18.5 Å². The molecule has 0 amide bonds. The average molecular weight is 412 g/mol. The van der Waals surface area contributed by atoms with Crippen LogP contribution in [0, 0.1) is 0 Å². The van der Waals surface area contributed by atoms with Crippen molar-refractivity contribution in [3.63, 3.8) is 0 Å². The Labute approximate surface area is 144 Å². The predicted octanol–water partition coefficient (Wildman–Crippen LogP) is -9.82. The van der Waals surface area contributed by atoms with Gasteiger partial charge in [-0.05, 0) is 18.5 Å². The molecular formula is C3H6O12Y2. The predicted molar refractivity (Wildman–Crippen MR) is 27.0 cm³/mol. The number of carbonyl (C=O) groups excluding carboxylic acids is 3. The molecule has 0 heterocycles. The molecular weight excluding hydrogens is 406 g/mol. The van der Waals surface area contributed by atoms with Crippen molar-refractivity contribution in [3.05, 3.63) is 0 Å². The fourth-order valence-corrected chi connectivity index (χ4v) is 0. The fraction of sp³-hybridized carbons (Fsp3) is 0. The molecule has 96 valence electrons. The van der Waals surface area contributed by atoms with Gasteiger partial charge in [0, 0.05) is 0 Å². The SMILES string of the molecule is O.O.O.O=C([O-])[O-].O=C([O-])[O-].O=C([O-])[O-].[Y+3].[Y+3]. The second-order valence-electron chi connectivity index (χ2n) is 0.750. The van der Waals surface area contributed by atoms with Crippen LogP contribution in [0.2, 0.25) is 0 Å². The van der Waals surface area contributed by atoms with Gasteiger partial charge in [0.25, 0.3) is 0 Å². The van der Waals surface area contributed by atoms with E-state index in [1.54, 1.807) is 0 Å². The normalized spacial score (nSPS) is 4.24. The van der Waals surface area contributed by atoms with Crippen LogP contribution in [-0.2, 0) is 65.4 Å². The standard InChI is InChI=1S/3CH2O3.3H2O.2Y/c3*2-1(3)4;;;;;/h3*(H2,2,3,4);3*1H2;;/q;;;;;;2*+3/p-6. The van der Waals surface area contributed by atoms with Gasteiger partial charge in [-0.2, -0.15) is 0 Å². The minimum atomic E-state index is -2.33. The third kappa shape index (κ3) is 294000. The molecule has 0 fully saturated rings. The van der Waals surface area contributed by atoms with Gasteiger partial charge >= 0.3 is 65.4 Å². The van der Waals surface area contributed by atoms with E-state index in [2.05, 4.69) is 0 Å². The Morgan fingerprint density at radius 3 is 0.471 bits per heavy atom. The van der Waals surface area contributed by atoms with E-state index in [1.165, 1.54) is 0 Å². The molecule has 6 N–H and O–H groups in total. The van der Waals surface area contributed by atoms with E-state index >= 15 is 0 Å². The Hall–Kier alpha value is -0.102. The van der Waals surface area contributed by atoms with Gasteiger partial charge in [0.05, 0.1) is 0 Å². The monoisotopic (exact) mass is 412 g/mol. The van der Waals surface area contributed by atoms with Crippen LogP contribution in [0.25, 0.3) is 0 Å². The van der Waals surface area contributed by atoms with Crippen LogP contribution in [-0.4, -0.2) is 34.9 Å². The summed E-state index contributed by atoms with van der Waals surface area (Å²) in [6, 6.07) is 0. The van der Waals surface area contributed by atoms with E-state index in [1.807, 2.05) is 0 Å². The summed E-state index contributed by atoms with van der Waals surface area (Å²) in [7, 11) is 0. The zero-order chi connectivity index (χ0) is 10.7. The molecule has 0 unspecified atom stereocenters. The van der Waals surface area contributed by atoms with Crippen LogP contribution in [0.3, 0.4) is 0 Å². The summed E-state index contributed by atoms with van der Waals surface area (Å²) in [6.07, 6.45) is -7.00. The molecule has 0 rings (SSSR count). The minimum absolute atomic E-state index is 0. The van der Waals surface area contributed by atoms with E-state index in [0.717, 1.165) is 0 Å². The van der Waals surface area contributed by atoms with Crippen molar-refractivity contribution in [2.24, 2.45) is 0 Å². The van der Waals surface area contributed by atoms with Crippen molar-refractivity contribution in [3.8, 4) is 0 Å². The number of carbonyl (C=O) groups is 3. The summed E-state index contributed by atoms with van der Waals surface area (Å²) < 4.78 is 0. The van der Waals surface area contributed by atoms with Crippen LogP contribution in [0.5, 0.6) is 0 Å². The number of carboxylic acid groups (broad SMARTS) is 6. The van der Waals surface area contributed by atoms with Gasteiger partial charge < -0.3 is 61.5 Å². The summed E-state index contributed by atoms with van der Waals surface area (Å²) in [5.74, 6) is 0. The quantitative estimate of drug-likeness (QED) is 0.364. The van der Waals surface area contributed by atoms with Crippen molar-refractivity contribution in [1.29, 1.82) is 0 Å². The molecule has 0 aliphatic rings. The molecule has 0 aromatic heterocycles. The van der Waals surface area contributed by atoms with Crippen LogP contribution >= 0.6 is 0 Å². The number of rotatable bonds is 0. The molecule has 0 bridgehead atoms. The van der Waals surface area contributed by atoms with Crippen LogP contribution in [0.4, 0.5) is 14.4 Å². The third-order valence-corrected chi connectivity index (χ3v) is 0. The zero-order valence-electron chi connectivity index (χ0n) is 7.83. The topological polar surface area (TPSA) is 284 Å². The molecule has 14 heteroatoms. The molecule has 0 aromatic rings. The maximum atomic E-state index is 8.33. The van der Waals surface area contributed by atoms with Gasteiger partial charge in [-0.15, -0.1) is 0 Å². The van der Waals surface area contributed by atoms with Gasteiger partial charge in [0.15, 0.2) is 0 Å². The molecule has 0 aliphatic heterocycles. The average Bonchev–Trinajstić information content (AvgIpc) is 1.54. The Morgan fingerprint density at radius 2 is 0.471 bits per heavy atom. The molecule has 0 saturated carbocycles. The summed E-state index contributed by atoms with van der Waals surface area (Å²) in [5.41, 5.74) is 0. The van der Waals surface area contributed by atoms with Crippen molar-refractivity contribution < 1.29 is 127 Å². The van der Waals surface area contributed by atoms with E-state index in [9.17, 15) is 0 Å². The first-order valence-corrected chi connectivity index (χ1v) is 1.84. The van der Waals surface area contributed by atoms with Gasteiger partial charge in [-0.3, -0.25) is 0 Å². The van der Waals surface area contributed by atoms with E-state index < -0.39 is 18.5 Å². The summed E-state index contributed by atoms with van der Waals surface area (Å²) >= 11 is 0. The third-order valence-electron chi connectivity index (χ3n) is 0. The van der Waals surface area contributed by atoms with Crippen LogP contribution in [0.15, 0.2) is 0 Å². The number of hydrogen-bond acceptors (Lipinski definition) is 9. The molecule has 17 heavy (non-hydrogen) atoms. The van der Waals surface area contributed by atoms with Gasteiger partial charge in [0.1, 0.15) is 0 Å². The van der Waals surface area contributed by atoms with Crippen LogP contribution < -0.4 is 30.6 Å². The molecule has 0 aliphatic carbocycles. The van der Waals surface area contributed by atoms with Gasteiger partial charge in [-0.25, -0.2) is 0 Å². The molecule has 0 spiro atoms. The first-order chi connectivity index (χ1) is 5.20. The largest absolute Gasteiger partial charge is 3.00 e. The second-order valence-corrected chi connectivity index (χ2v) is 0.750. The number of hydrogen-bond donors (Lipinski definition) is 0. The molecule has 0 atom stereocenters. The molecule has 0 aromatic carbocycles.